The lowest BCUT2D eigenvalue weighted by atomic mass is 10.1. The van der Waals surface area contributed by atoms with Crippen molar-refractivity contribution in [2.24, 2.45) is 0 Å². The van der Waals surface area contributed by atoms with E-state index in [9.17, 15) is 4.79 Å². The van der Waals surface area contributed by atoms with Crippen molar-refractivity contribution >= 4 is 28.0 Å². The number of imidazole rings is 1. The Morgan fingerprint density at radius 2 is 2.05 bits per heavy atom. The molecular weight excluding hydrogens is 262 g/mol. The molecule has 6 heteroatoms. The molecule has 0 atom stereocenters. The lowest BCUT2D eigenvalue weighted by Crippen LogP contribution is -1.96. The number of benzene rings is 1. The molecule has 0 bridgehead atoms. The minimum atomic E-state index is -0.915. The molecule has 3 N–H and O–H groups in total. The maximum absolute atomic E-state index is 11.0. The molecule has 0 radical (unpaired) electrons. The van der Waals surface area contributed by atoms with Crippen LogP contribution >= 0.6 is 11.3 Å². The van der Waals surface area contributed by atoms with Crippen molar-refractivity contribution < 1.29 is 9.90 Å². The van der Waals surface area contributed by atoms with Crippen LogP contribution in [0.25, 0.3) is 16.2 Å². The first-order valence-corrected chi connectivity index (χ1v) is 6.45. The quantitative estimate of drug-likeness (QED) is 0.703. The molecule has 2 heterocycles. The predicted octanol–water partition coefficient (Wildman–Crippen LogP) is 2.65. The summed E-state index contributed by atoms with van der Waals surface area (Å²) in [6.07, 6.45) is 1.85. The minimum Gasteiger partial charge on any atom is -0.477 e. The zero-order valence-electron chi connectivity index (χ0n) is 10.1. The molecule has 0 amide bonds. The summed E-state index contributed by atoms with van der Waals surface area (Å²) in [7, 11) is 0. The largest absolute Gasteiger partial charge is 0.477 e. The van der Waals surface area contributed by atoms with E-state index in [1.165, 1.54) is 11.3 Å². The average Bonchev–Trinajstić information content (AvgIpc) is 2.90. The number of nitrogens with two attached hydrogens (primary N) is 1. The number of hydrogen-bond donors (Lipinski definition) is 2. The summed E-state index contributed by atoms with van der Waals surface area (Å²) in [5.74, 6) is -0.915. The van der Waals surface area contributed by atoms with Gasteiger partial charge in [0, 0.05) is 23.1 Å². The number of aryl methyl sites for hydroxylation is 1. The summed E-state index contributed by atoms with van der Waals surface area (Å²) in [6.45, 7) is 1.78. The monoisotopic (exact) mass is 273 g/mol. The number of carbonyl (C=O) groups is 1. The molecule has 0 saturated heterocycles. The van der Waals surface area contributed by atoms with Crippen molar-refractivity contribution in [2.45, 2.75) is 6.92 Å². The molecule has 5 nitrogen and oxygen atoms in total. The van der Waals surface area contributed by atoms with Gasteiger partial charge in [-0.2, -0.15) is 0 Å². The molecule has 96 valence electrons. The van der Waals surface area contributed by atoms with E-state index in [1.807, 2.05) is 30.5 Å². The molecule has 0 fully saturated rings. The van der Waals surface area contributed by atoms with Gasteiger partial charge in [-0.15, -0.1) is 0 Å². The number of rotatable bonds is 2. The van der Waals surface area contributed by atoms with Gasteiger partial charge in [0.15, 0.2) is 4.96 Å². The zero-order valence-corrected chi connectivity index (χ0v) is 10.9. The third-order valence-electron chi connectivity index (χ3n) is 2.96. The Morgan fingerprint density at radius 1 is 1.37 bits per heavy atom. The summed E-state index contributed by atoms with van der Waals surface area (Å²) >= 11 is 1.18. The van der Waals surface area contributed by atoms with Crippen LogP contribution in [0.3, 0.4) is 0 Å². The average molecular weight is 273 g/mol. The summed E-state index contributed by atoms with van der Waals surface area (Å²) in [5.41, 5.74) is 8.82. The van der Waals surface area contributed by atoms with Gasteiger partial charge in [-0.25, -0.2) is 9.78 Å². The van der Waals surface area contributed by atoms with Crippen LogP contribution in [0.4, 0.5) is 5.69 Å². The fourth-order valence-corrected chi connectivity index (χ4v) is 2.89. The van der Waals surface area contributed by atoms with Crippen LogP contribution < -0.4 is 5.73 Å². The van der Waals surface area contributed by atoms with Crippen LogP contribution in [0.15, 0.2) is 30.5 Å². The fraction of sp³-hybridized carbons (Fsp3) is 0.0769. The number of hydrogen-bond acceptors (Lipinski definition) is 4. The highest BCUT2D eigenvalue weighted by Crippen LogP contribution is 2.27. The number of fused-ring (bicyclic) bond motifs is 1. The Labute approximate surface area is 112 Å². The number of nitrogens with zero attached hydrogens (tertiary/aromatic N) is 2. The Bertz CT molecular complexity index is 771. The standard InChI is InChI=1S/C13H11N3O2S/c1-7-11(12(17)18)19-13-15-10(6-16(7)13)8-2-4-9(14)5-3-8/h2-6H,14H2,1H3,(H,17,18). The molecular formula is C13H11N3O2S. The van der Waals surface area contributed by atoms with Crippen LogP contribution in [-0.2, 0) is 0 Å². The summed E-state index contributed by atoms with van der Waals surface area (Å²) in [4.78, 5) is 16.5. The van der Waals surface area contributed by atoms with Crippen LogP contribution in [-0.4, -0.2) is 20.5 Å². The SMILES string of the molecule is Cc1c(C(=O)O)sc2nc(-c3ccc(N)cc3)cn12. The van der Waals surface area contributed by atoms with Gasteiger partial charge in [-0.3, -0.25) is 4.40 Å². The van der Waals surface area contributed by atoms with E-state index >= 15 is 0 Å². The number of thiazole rings is 1. The molecule has 0 aliphatic rings. The van der Waals surface area contributed by atoms with Gasteiger partial charge in [0.05, 0.1) is 5.69 Å². The van der Waals surface area contributed by atoms with E-state index < -0.39 is 5.97 Å². The van der Waals surface area contributed by atoms with E-state index in [0.717, 1.165) is 11.3 Å². The van der Waals surface area contributed by atoms with E-state index in [0.29, 0.717) is 21.2 Å². The lowest BCUT2D eigenvalue weighted by molar-refractivity contribution is 0.0701. The van der Waals surface area contributed by atoms with Gasteiger partial charge in [0.2, 0.25) is 0 Å². The van der Waals surface area contributed by atoms with Crippen molar-refractivity contribution in [2.75, 3.05) is 5.73 Å². The Hall–Kier alpha value is -2.34. The Balaban J connectivity index is 2.13. The molecule has 3 rings (SSSR count). The fourth-order valence-electron chi connectivity index (χ4n) is 1.94. The first-order chi connectivity index (χ1) is 9.06. The maximum atomic E-state index is 11.0. The van der Waals surface area contributed by atoms with Gasteiger partial charge in [-0.1, -0.05) is 23.5 Å². The first kappa shape index (κ1) is 11.7. The second kappa shape index (κ2) is 4.10. The van der Waals surface area contributed by atoms with Crippen molar-refractivity contribution in [1.29, 1.82) is 0 Å². The lowest BCUT2D eigenvalue weighted by Gasteiger charge is -1.97. The van der Waals surface area contributed by atoms with E-state index in [1.54, 1.807) is 11.3 Å². The Kier molecular flexibility index (Phi) is 2.53. The highest BCUT2D eigenvalue weighted by Gasteiger charge is 2.16. The molecule has 1 aromatic carbocycles. The topological polar surface area (TPSA) is 80.6 Å². The minimum absolute atomic E-state index is 0.325. The molecule has 0 unspecified atom stereocenters. The molecule has 3 aromatic rings. The zero-order chi connectivity index (χ0) is 13.6. The smallest absolute Gasteiger partial charge is 0.347 e. The second-order valence-corrected chi connectivity index (χ2v) is 5.20. The normalized spacial score (nSPS) is 11.0. The molecule has 0 aliphatic heterocycles. The van der Waals surface area contributed by atoms with E-state index in [-0.39, 0.29) is 0 Å². The van der Waals surface area contributed by atoms with Gasteiger partial charge < -0.3 is 10.8 Å². The highest BCUT2D eigenvalue weighted by molar-refractivity contribution is 7.19. The molecule has 19 heavy (non-hydrogen) atoms. The number of aromatic nitrogens is 2. The number of anilines is 1. The van der Waals surface area contributed by atoms with Crippen molar-refractivity contribution in [3.63, 3.8) is 0 Å². The molecule has 2 aromatic heterocycles. The van der Waals surface area contributed by atoms with Crippen LogP contribution in [0.2, 0.25) is 0 Å². The van der Waals surface area contributed by atoms with Gasteiger partial charge in [-0.05, 0) is 19.1 Å². The van der Waals surface area contributed by atoms with Crippen molar-refractivity contribution in [3.05, 3.63) is 41.0 Å². The number of carboxylic acids is 1. The van der Waals surface area contributed by atoms with Crippen molar-refractivity contribution in [3.8, 4) is 11.3 Å². The van der Waals surface area contributed by atoms with Crippen LogP contribution in [0.1, 0.15) is 15.4 Å². The summed E-state index contributed by atoms with van der Waals surface area (Å²) in [6, 6.07) is 7.43. The van der Waals surface area contributed by atoms with Gasteiger partial charge in [0.25, 0.3) is 0 Å². The van der Waals surface area contributed by atoms with Gasteiger partial charge in [0.1, 0.15) is 4.88 Å². The maximum Gasteiger partial charge on any atom is 0.347 e. The summed E-state index contributed by atoms with van der Waals surface area (Å²) < 4.78 is 1.81. The number of nitrogen functional groups attached to an aromatic ring is 1. The predicted molar refractivity (Wildman–Crippen MR) is 74.6 cm³/mol. The van der Waals surface area contributed by atoms with E-state index in [2.05, 4.69) is 4.98 Å². The number of aromatic carboxylic acids is 1. The molecule has 0 saturated carbocycles. The van der Waals surface area contributed by atoms with E-state index in [4.69, 9.17) is 10.8 Å². The highest BCUT2D eigenvalue weighted by atomic mass is 32.1. The third-order valence-corrected chi connectivity index (χ3v) is 4.10. The van der Waals surface area contributed by atoms with Crippen molar-refractivity contribution in [1.82, 2.24) is 9.38 Å². The molecule has 0 spiro atoms. The van der Waals surface area contributed by atoms with Gasteiger partial charge >= 0.3 is 5.97 Å². The molecule has 0 aliphatic carbocycles. The third kappa shape index (κ3) is 1.86. The van der Waals surface area contributed by atoms with Crippen LogP contribution in [0.5, 0.6) is 0 Å². The number of carboxylic acid groups (broad SMARTS) is 1. The van der Waals surface area contributed by atoms with Crippen LogP contribution in [0, 0.1) is 6.92 Å². The first-order valence-electron chi connectivity index (χ1n) is 5.64. The second-order valence-electron chi connectivity index (χ2n) is 4.22. The Morgan fingerprint density at radius 3 is 2.63 bits per heavy atom. The summed E-state index contributed by atoms with van der Waals surface area (Å²) in [5, 5.41) is 9.06.